The summed E-state index contributed by atoms with van der Waals surface area (Å²) in [5.41, 5.74) is 1.61. The quantitative estimate of drug-likeness (QED) is 0.875. The molecule has 1 unspecified atom stereocenters. The lowest BCUT2D eigenvalue weighted by Gasteiger charge is -2.22. The molecule has 8 heteroatoms. The van der Waals surface area contributed by atoms with Gasteiger partial charge in [0, 0.05) is 24.1 Å². The van der Waals surface area contributed by atoms with Crippen LogP contribution in [0.4, 0.5) is 0 Å². The van der Waals surface area contributed by atoms with Gasteiger partial charge in [-0.3, -0.25) is 9.59 Å². The van der Waals surface area contributed by atoms with Crippen molar-refractivity contribution in [1.82, 2.24) is 20.8 Å². The van der Waals surface area contributed by atoms with Crippen molar-refractivity contribution in [1.29, 1.82) is 0 Å². The molecule has 128 valence electrons. The Labute approximate surface area is 139 Å². The predicted octanol–water partition coefficient (Wildman–Crippen LogP) is 1.40. The van der Waals surface area contributed by atoms with E-state index in [1.807, 2.05) is 13.8 Å². The van der Waals surface area contributed by atoms with E-state index in [9.17, 15) is 9.59 Å². The molecule has 0 saturated carbocycles. The SMILES string of the molecule is Cc1ncoc1C(=O)NC1CCc2onc(C(=O)NC(C)C)c2C1. The van der Waals surface area contributed by atoms with Gasteiger partial charge in [-0.05, 0) is 33.6 Å². The smallest absolute Gasteiger partial charge is 0.289 e. The molecule has 8 nitrogen and oxygen atoms in total. The monoisotopic (exact) mass is 332 g/mol. The van der Waals surface area contributed by atoms with Crippen molar-refractivity contribution in [3.63, 3.8) is 0 Å². The molecule has 0 bridgehead atoms. The van der Waals surface area contributed by atoms with Crippen molar-refractivity contribution >= 4 is 11.8 Å². The highest BCUT2D eigenvalue weighted by Crippen LogP contribution is 2.25. The number of oxazole rings is 1. The van der Waals surface area contributed by atoms with Gasteiger partial charge in [0.1, 0.15) is 5.76 Å². The highest BCUT2D eigenvalue weighted by molar-refractivity contribution is 5.94. The van der Waals surface area contributed by atoms with E-state index in [0.29, 0.717) is 36.4 Å². The molecule has 0 saturated heterocycles. The van der Waals surface area contributed by atoms with Crippen molar-refractivity contribution in [2.75, 3.05) is 0 Å². The molecule has 1 aliphatic rings. The topological polar surface area (TPSA) is 110 Å². The third-order valence-corrected chi connectivity index (χ3v) is 3.96. The average molecular weight is 332 g/mol. The lowest BCUT2D eigenvalue weighted by atomic mass is 9.91. The van der Waals surface area contributed by atoms with E-state index in [1.54, 1.807) is 6.92 Å². The van der Waals surface area contributed by atoms with Crippen molar-refractivity contribution in [3.8, 4) is 0 Å². The molecule has 24 heavy (non-hydrogen) atoms. The van der Waals surface area contributed by atoms with Crippen LogP contribution in [-0.2, 0) is 12.8 Å². The maximum absolute atomic E-state index is 12.2. The Balaban J connectivity index is 1.72. The molecular weight excluding hydrogens is 312 g/mol. The number of nitrogens with one attached hydrogen (secondary N) is 2. The van der Waals surface area contributed by atoms with Crippen molar-refractivity contribution in [2.24, 2.45) is 0 Å². The predicted molar refractivity (Wildman–Crippen MR) is 83.6 cm³/mol. The van der Waals surface area contributed by atoms with E-state index in [-0.39, 0.29) is 29.7 Å². The molecular formula is C16H20N4O4. The number of nitrogens with zero attached hydrogens (tertiary/aromatic N) is 2. The molecule has 0 radical (unpaired) electrons. The number of amides is 2. The fourth-order valence-electron chi connectivity index (χ4n) is 2.81. The lowest BCUT2D eigenvalue weighted by Crippen LogP contribution is -2.39. The first-order chi connectivity index (χ1) is 11.5. The van der Waals surface area contributed by atoms with E-state index in [0.717, 1.165) is 5.56 Å². The van der Waals surface area contributed by atoms with Gasteiger partial charge in [0.25, 0.3) is 11.8 Å². The second-order valence-electron chi connectivity index (χ2n) is 6.24. The standard InChI is InChI=1S/C16H20N4O4/c1-8(2)18-15(21)13-11-6-10(4-5-12(11)24-20-13)19-16(22)14-9(3)17-7-23-14/h7-8,10H,4-6H2,1-3H3,(H,18,21)(H,19,22). The Bertz CT molecular complexity index is 762. The summed E-state index contributed by atoms with van der Waals surface area (Å²) in [5, 5.41) is 9.63. The van der Waals surface area contributed by atoms with Crippen molar-refractivity contribution < 1.29 is 18.5 Å². The zero-order valence-electron chi connectivity index (χ0n) is 13.9. The molecule has 0 aliphatic heterocycles. The van der Waals surface area contributed by atoms with Crippen LogP contribution in [0.15, 0.2) is 15.3 Å². The first kappa shape index (κ1) is 16.2. The Hall–Kier alpha value is -2.64. The highest BCUT2D eigenvalue weighted by Gasteiger charge is 2.30. The molecule has 2 aromatic rings. The number of carbonyl (C=O) groups is 2. The third kappa shape index (κ3) is 3.17. The summed E-state index contributed by atoms with van der Waals surface area (Å²) in [7, 11) is 0. The maximum atomic E-state index is 12.2. The first-order valence-electron chi connectivity index (χ1n) is 7.95. The number of fused-ring (bicyclic) bond motifs is 1. The van der Waals surface area contributed by atoms with Crippen LogP contribution < -0.4 is 10.6 Å². The van der Waals surface area contributed by atoms with Crippen LogP contribution >= 0.6 is 0 Å². The number of hydrogen-bond donors (Lipinski definition) is 2. The summed E-state index contributed by atoms with van der Waals surface area (Å²) >= 11 is 0. The highest BCUT2D eigenvalue weighted by atomic mass is 16.5. The summed E-state index contributed by atoms with van der Waals surface area (Å²) in [6, 6.07) is -0.0992. The number of aromatic nitrogens is 2. The second-order valence-corrected chi connectivity index (χ2v) is 6.24. The van der Waals surface area contributed by atoms with Gasteiger partial charge in [-0.15, -0.1) is 0 Å². The minimum Gasteiger partial charge on any atom is -0.438 e. The summed E-state index contributed by atoms with van der Waals surface area (Å²) in [4.78, 5) is 28.4. The molecule has 2 N–H and O–H groups in total. The molecule has 0 aromatic carbocycles. The van der Waals surface area contributed by atoms with Gasteiger partial charge in [0.05, 0.1) is 5.69 Å². The Morgan fingerprint density at radius 3 is 2.79 bits per heavy atom. The fraction of sp³-hybridized carbons (Fsp3) is 0.500. The largest absolute Gasteiger partial charge is 0.438 e. The van der Waals surface area contributed by atoms with E-state index < -0.39 is 0 Å². The van der Waals surface area contributed by atoms with Crippen LogP contribution in [-0.4, -0.2) is 34.0 Å². The molecule has 2 heterocycles. The summed E-state index contributed by atoms with van der Waals surface area (Å²) in [6.07, 6.45) is 3.08. The molecule has 1 aliphatic carbocycles. The minimum absolute atomic E-state index is 0.0124. The molecule has 2 aromatic heterocycles. The Morgan fingerprint density at radius 2 is 2.12 bits per heavy atom. The van der Waals surface area contributed by atoms with Crippen LogP contribution in [0.5, 0.6) is 0 Å². The maximum Gasteiger partial charge on any atom is 0.289 e. The van der Waals surface area contributed by atoms with Crippen LogP contribution in [0.2, 0.25) is 0 Å². The van der Waals surface area contributed by atoms with Gasteiger partial charge in [-0.2, -0.15) is 0 Å². The van der Waals surface area contributed by atoms with Gasteiger partial charge >= 0.3 is 0 Å². The zero-order valence-corrected chi connectivity index (χ0v) is 13.9. The third-order valence-electron chi connectivity index (χ3n) is 3.96. The number of rotatable bonds is 4. The zero-order chi connectivity index (χ0) is 17.3. The first-order valence-corrected chi connectivity index (χ1v) is 7.95. The van der Waals surface area contributed by atoms with Gasteiger partial charge < -0.3 is 19.6 Å². The Morgan fingerprint density at radius 1 is 1.33 bits per heavy atom. The van der Waals surface area contributed by atoms with E-state index in [2.05, 4.69) is 20.8 Å². The molecule has 2 amide bonds. The van der Waals surface area contributed by atoms with Crippen LogP contribution in [0.3, 0.4) is 0 Å². The lowest BCUT2D eigenvalue weighted by molar-refractivity contribution is 0.0903. The van der Waals surface area contributed by atoms with Gasteiger partial charge in [0.2, 0.25) is 5.76 Å². The molecule has 1 atom stereocenters. The summed E-state index contributed by atoms with van der Waals surface area (Å²) < 4.78 is 10.4. The van der Waals surface area contributed by atoms with Crippen molar-refractivity contribution in [2.45, 2.75) is 52.1 Å². The van der Waals surface area contributed by atoms with Crippen molar-refractivity contribution in [3.05, 3.63) is 34.9 Å². The normalized spacial score (nSPS) is 16.8. The van der Waals surface area contributed by atoms with Crippen LogP contribution in [0.1, 0.15) is 58.3 Å². The van der Waals surface area contributed by atoms with E-state index >= 15 is 0 Å². The van der Waals surface area contributed by atoms with E-state index in [4.69, 9.17) is 8.94 Å². The van der Waals surface area contributed by atoms with Gasteiger partial charge in [0.15, 0.2) is 12.1 Å². The van der Waals surface area contributed by atoms with Gasteiger partial charge in [-0.25, -0.2) is 4.98 Å². The minimum atomic E-state index is -0.303. The summed E-state index contributed by atoms with van der Waals surface area (Å²) in [5.74, 6) is 0.366. The number of carbonyl (C=O) groups excluding carboxylic acids is 2. The van der Waals surface area contributed by atoms with Gasteiger partial charge in [-0.1, -0.05) is 5.16 Å². The second kappa shape index (κ2) is 6.46. The fourth-order valence-corrected chi connectivity index (χ4v) is 2.81. The van der Waals surface area contributed by atoms with Crippen LogP contribution in [0.25, 0.3) is 0 Å². The molecule has 0 spiro atoms. The number of aryl methyl sites for hydroxylation is 2. The van der Waals surface area contributed by atoms with Crippen LogP contribution in [0, 0.1) is 6.92 Å². The molecule has 3 rings (SSSR count). The molecule has 0 fully saturated rings. The Kier molecular flexibility index (Phi) is 4.37. The average Bonchev–Trinajstić information content (AvgIpc) is 3.12. The summed E-state index contributed by atoms with van der Waals surface area (Å²) in [6.45, 7) is 5.48. The number of hydrogen-bond acceptors (Lipinski definition) is 6. The van der Waals surface area contributed by atoms with E-state index in [1.165, 1.54) is 6.39 Å².